The van der Waals surface area contributed by atoms with E-state index in [4.69, 9.17) is 20.4 Å². The maximum absolute atomic E-state index is 13.5. The molecule has 3 amide bonds. The topological polar surface area (TPSA) is 236 Å². The fourth-order valence-electron chi connectivity index (χ4n) is 6.96. The number of unbranched alkanes of at least 4 members (excludes halogenated alkanes) is 4. The van der Waals surface area contributed by atoms with Crippen molar-refractivity contribution in [2.75, 3.05) is 31.9 Å². The van der Waals surface area contributed by atoms with Gasteiger partial charge in [0.05, 0.1) is 12.0 Å². The smallest absolute Gasteiger partial charge is 0.317 e. The number of anilines is 1. The summed E-state index contributed by atoms with van der Waals surface area (Å²) in [6.07, 6.45) is 10.4. The molecular weight excluding hydrogens is 789 g/mol. The number of likely N-dealkylation sites (tertiary alicyclic amines) is 1. The molecule has 60 heavy (non-hydrogen) atoms. The number of carbonyl (C=O) groups is 6. The average molecular weight is 861 g/mol. The second-order valence-corrected chi connectivity index (χ2v) is 17.2. The Kier molecular flexibility index (Phi) is 25.7. The molecular formula is C44H72N6O9S. The van der Waals surface area contributed by atoms with E-state index in [1.54, 1.807) is 31.4 Å². The summed E-state index contributed by atoms with van der Waals surface area (Å²) in [5.74, 6) is -2.37. The molecule has 3 rings (SSSR count). The number of nitrogens with two attached hydrogens (primary N) is 2. The summed E-state index contributed by atoms with van der Waals surface area (Å²) in [5, 5.41) is 23.3. The van der Waals surface area contributed by atoms with Crippen molar-refractivity contribution >= 4 is 53.2 Å². The van der Waals surface area contributed by atoms with E-state index in [1.165, 1.54) is 24.7 Å². The number of thiazole rings is 1. The molecule has 338 valence electrons. The number of primary amides is 1. The van der Waals surface area contributed by atoms with Gasteiger partial charge in [0.15, 0.2) is 6.10 Å². The minimum Gasteiger partial charge on any atom is -0.481 e. The molecule has 3 atom stereocenters. The van der Waals surface area contributed by atoms with Crippen molar-refractivity contribution < 1.29 is 43.7 Å². The molecule has 1 aromatic heterocycles. The van der Waals surface area contributed by atoms with E-state index in [9.17, 15) is 29.1 Å². The van der Waals surface area contributed by atoms with Gasteiger partial charge < -0.3 is 36.6 Å². The summed E-state index contributed by atoms with van der Waals surface area (Å²) < 4.78 is 5.79. The van der Waals surface area contributed by atoms with Crippen molar-refractivity contribution in [3.8, 4) is 0 Å². The van der Waals surface area contributed by atoms with Crippen LogP contribution in [0.3, 0.4) is 0 Å². The van der Waals surface area contributed by atoms with Crippen LogP contribution in [0, 0.1) is 11.3 Å². The molecule has 2 heterocycles. The lowest BCUT2D eigenvalue weighted by molar-refractivity contribution is -0.149. The van der Waals surface area contributed by atoms with Crippen LogP contribution in [0.4, 0.5) is 5.69 Å². The van der Waals surface area contributed by atoms with Crippen LogP contribution in [-0.2, 0) is 35.1 Å². The van der Waals surface area contributed by atoms with E-state index in [2.05, 4.69) is 43.7 Å². The highest BCUT2D eigenvalue weighted by atomic mass is 32.1. The third-order valence-corrected chi connectivity index (χ3v) is 11.2. The molecule has 0 radical (unpaired) electrons. The van der Waals surface area contributed by atoms with Crippen molar-refractivity contribution in [1.29, 1.82) is 0 Å². The molecule has 16 heteroatoms. The quantitative estimate of drug-likeness (QED) is 0.0334. The highest BCUT2D eigenvalue weighted by Crippen LogP contribution is 2.32. The second kappa shape index (κ2) is 28.8. The maximum Gasteiger partial charge on any atom is 0.317 e. The molecule has 0 spiro atoms. The highest BCUT2D eigenvalue weighted by Gasteiger charge is 2.34. The third kappa shape index (κ3) is 21.1. The number of rotatable bonds is 23. The van der Waals surface area contributed by atoms with Crippen molar-refractivity contribution in [2.24, 2.45) is 17.1 Å². The van der Waals surface area contributed by atoms with Gasteiger partial charge in [-0.3, -0.25) is 33.7 Å². The Labute approximate surface area is 361 Å². The van der Waals surface area contributed by atoms with E-state index in [1.807, 2.05) is 21.9 Å². The van der Waals surface area contributed by atoms with Crippen LogP contribution in [0.15, 0.2) is 29.6 Å². The van der Waals surface area contributed by atoms with Gasteiger partial charge in [-0.25, -0.2) is 4.98 Å². The molecule has 1 saturated heterocycles. The van der Waals surface area contributed by atoms with Gasteiger partial charge >= 0.3 is 17.9 Å². The zero-order chi connectivity index (χ0) is 45.3. The highest BCUT2D eigenvalue weighted by molar-refractivity contribution is 7.09. The van der Waals surface area contributed by atoms with E-state index in [-0.39, 0.29) is 42.9 Å². The number of carboxylic acid groups (broad SMARTS) is 2. The number of piperidine rings is 1. The van der Waals surface area contributed by atoms with Crippen LogP contribution < -0.4 is 16.8 Å². The molecule has 0 bridgehead atoms. The van der Waals surface area contributed by atoms with Gasteiger partial charge in [-0.15, -0.1) is 11.3 Å². The first-order valence-corrected chi connectivity index (χ1v) is 22.2. The minimum atomic E-state index is -1.08. The Balaban J connectivity index is 0.00000118. The number of nitrogen functional groups attached to an aromatic ring is 1. The van der Waals surface area contributed by atoms with Gasteiger partial charge in [0.2, 0.25) is 12.3 Å². The Morgan fingerprint density at radius 3 is 2.15 bits per heavy atom. The van der Waals surface area contributed by atoms with Gasteiger partial charge in [-0.2, -0.15) is 0 Å². The number of nitrogens with zero attached hydrogens (tertiary/aromatic N) is 3. The van der Waals surface area contributed by atoms with Crippen molar-refractivity contribution in [1.82, 2.24) is 20.1 Å². The lowest BCUT2D eigenvalue weighted by atomic mass is 9.84. The van der Waals surface area contributed by atoms with Crippen LogP contribution in [0.1, 0.15) is 153 Å². The van der Waals surface area contributed by atoms with E-state index in [0.29, 0.717) is 36.5 Å². The number of amides is 3. The minimum absolute atomic E-state index is 0.0965. The third-order valence-electron chi connectivity index (χ3n) is 10.2. The summed E-state index contributed by atoms with van der Waals surface area (Å²) in [6, 6.07) is 6.58. The predicted molar refractivity (Wildman–Crippen MR) is 235 cm³/mol. The van der Waals surface area contributed by atoms with Crippen molar-refractivity contribution in [3.63, 3.8) is 0 Å². The first-order chi connectivity index (χ1) is 28.4. The number of aliphatic carboxylic acids is 2. The Hall–Kier alpha value is -4.57. The summed E-state index contributed by atoms with van der Waals surface area (Å²) in [5.41, 5.74) is 10.6. The number of hydrogen-bond donors (Lipinski definition) is 5. The standard InChI is InChI=1S/C36H56N4O6S.C7H13NO2.CH3NO/c1-8-10-12-13-19-40(32(42)14-11-9-2)30(24(3)4)21-31(46-25(5)41)34-39-29(23-47-34)33(43)38-28(22-36(6,7)35(44)45)20-26-15-17-27(37)18-16-26;9-7(10)6-8-4-2-1-3-5-8;2-1-3/h15-18,23-24,28,30-31H,8-14,19-22,37H2,1-7H3,(H,38,43)(H,44,45);1-6H2,(H,9,10);1H,(H2,2,3). The molecule has 15 nitrogen and oxygen atoms in total. The number of ether oxygens (including phenoxy) is 1. The summed E-state index contributed by atoms with van der Waals surface area (Å²) in [4.78, 5) is 78.6. The summed E-state index contributed by atoms with van der Waals surface area (Å²) >= 11 is 1.23. The van der Waals surface area contributed by atoms with Crippen LogP contribution in [0.5, 0.6) is 0 Å². The zero-order valence-corrected chi connectivity index (χ0v) is 37.8. The van der Waals surface area contributed by atoms with Gasteiger partial charge in [-0.1, -0.05) is 71.9 Å². The number of carboxylic acids is 2. The first kappa shape index (κ1) is 53.4. The van der Waals surface area contributed by atoms with Crippen LogP contribution in [-0.4, -0.2) is 99.4 Å². The van der Waals surface area contributed by atoms with Gasteiger partial charge in [0.25, 0.3) is 5.91 Å². The second-order valence-electron chi connectivity index (χ2n) is 16.3. The predicted octanol–water partition coefficient (Wildman–Crippen LogP) is 6.84. The van der Waals surface area contributed by atoms with Crippen LogP contribution in [0.25, 0.3) is 0 Å². The van der Waals surface area contributed by atoms with Crippen LogP contribution >= 0.6 is 11.3 Å². The van der Waals surface area contributed by atoms with E-state index >= 15 is 0 Å². The van der Waals surface area contributed by atoms with Crippen molar-refractivity contribution in [2.45, 2.75) is 150 Å². The molecule has 0 aliphatic carbocycles. The number of carbonyl (C=O) groups excluding carboxylic acids is 4. The molecule has 3 unspecified atom stereocenters. The number of benzene rings is 1. The molecule has 2 aromatic rings. The Morgan fingerprint density at radius 1 is 1.00 bits per heavy atom. The summed E-state index contributed by atoms with van der Waals surface area (Å²) in [7, 11) is 0. The SMILES string of the molecule is CCCCCCN(C(=O)CCCC)C(CC(OC(C)=O)c1nc(C(=O)NC(Cc2ccc(N)cc2)CC(C)(C)C(=O)O)cs1)C(C)C.NC=O.O=C(O)CN1CCCCC1. The fraction of sp³-hybridized carbons (Fsp3) is 0.659. The summed E-state index contributed by atoms with van der Waals surface area (Å²) in [6.45, 7) is 15.8. The molecule has 1 aliphatic rings. The molecule has 0 saturated carbocycles. The number of hydrogen-bond acceptors (Lipinski definition) is 11. The number of esters is 1. The van der Waals surface area contributed by atoms with Crippen LogP contribution in [0.2, 0.25) is 0 Å². The molecule has 1 aliphatic heterocycles. The maximum atomic E-state index is 13.5. The van der Waals surface area contributed by atoms with Gasteiger partial charge in [0.1, 0.15) is 10.7 Å². The molecule has 1 aromatic carbocycles. The number of aromatic nitrogens is 1. The van der Waals surface area contributed by atoms with E-state index < -0.39 is 41.4 Å². The number of nitrogens with one attached hydrogen (secondary N) is 1. The first-order valence-electron chi connectivity index (χ1n) is 21.3. The monoisotopic (exact) mass is 861 g/mol. The fourth-order valence-corrected chi connectivity index (χ4v) is 7.80. The zero-order valence-electron chi connectivity index (χ0n) is 37.0. The largest absolute Gasteiger partial charge is 0.481 e. The molecule has 1 fully saturated rings. The van der Waals surface area contributed by atoms with Gasteiger partial charge in [-0.05, 0) is 89.1 Å². The Bertz CT molecular complexity index is 1590. The van der Waals surface area contributed by atoms with Crippen molar-refractivity contribution in [3.05, 3.63) is 45.9 Å². The molecule has 7 N–H and O–H groups in total. The lowest BCUT2D eigenvalue weighted by Gasteiger charge is -2.36. The van der Waals surface area contributed by atoms with Gasteiger partial charge in [0, 0.05) is 49.5 Å². The average Bonchev–Trinajstić information content (AvgIpc) is 3.68. The normalized spacial score (nSPS) is 14.3. The van der Waals surface area contributed by atoms with E-state index in [0.717, 1.165) is 70.0 Å². The lowest BCUT2D eigenvalue weighted by Crippen LogP contribution is -2.45. The Morgan fingerprint density at radius 2 is 1.62 bits per heavy atom.